The van der Waals surface area contributed by atoms with Crippen molar-refractivity contribution in [3.8, 4) is 5.75 Å². The maximum absolute atomic E-state index is 13.6. The van der Waals surface area contributed by atoms with Crippen molar-refractivity contribution in [1.82, 2.24) is 0 Å². The van der Waals surface area contributed by atoms with Gasteiger partial charge in [-0.1, -0.05) is 12.1 Å². The molecule has 0 unspecified atom stereocenters. The van der Waals surface area contributed by atoms with Gasteiger partial charge in [-0.05, 0) is 35.9 Å². The van der Waals surface area contributed by atoms with Crippen molar-refractivity contribution in [3.63, 3.8) is 0 Å². The zero-order valence-electron chi connectivity index (χ0n) is 10.1. The van der Waals surface area contributed by atoms with E-state index in [1.165, 1.54) is 18.2 Å². The van der Waals surface area contributed by atoms with Crippen molar-refractivity contribution in [1.29, 1.82) is 0 Å². The number of hydrogen-bond acceptors (Lipinski definition) is 3. The summed E-state index contributed by atoms with van der Waals surface area (Å²) in [5, 5.41) is 12.2. The van der Waals surface area contributed by atoms with E-state index < -0.39 is 11.7 Å². The lowest BCUT2D eigenvalue weighted by Gasteiger charge is -2.09. The number of halogens is 1. The summed E-state index contributed by atoms with van der Waals surface area (Å²) in [5.41, 5.74) is 6.36. The first kappa shape index (κ1) is 12.9. The Hall–Kier alpha value is -2.56. The monoisotopic (exact) mass is 260 g/mol. The van der Waals surface area contributed by atoms with E-state index in [9.17, 15) is 14.3 Å². The maximum atomic E-state index is 13.6. The first-order valence-corrected chi connectivity index (χ1v) is 5.67. The lowest BCUT2D eigenvalue weighted by Crippen LogP contribution is -2.12. The van der Waals surface area contributed by atoms with Crippen LogP contribution in [0.3, 0.4) is 0 Å². The third kappa shape index (κ3) is 3.22. The first-order valence-electron chi connectivity index (χ1n) is 5.67. The summed E-state index contributed by atoms with van der Waals surface area (Å²) in [6, 6.07) is 10.5. The molecule has 0 saturated carbocycles. The van der Waals surface area contributed by atoms with Gasteiger partial charge in [0.1, 0.15) is 11.6 Å². The number of anilines is 1. The molecule has 0 radical (unpaired) electrons. The number of primary amides is 1. The highest BCUT2D eigenvalue weighted by molar-refractivity contribution is 5.93. The molecule has 98 valence electrons. The molecule has 0 heterocycles. The molecule has 0 spiro atoms. The number of nitrogens with one attached hydrogen (secondary N) is 1. The normalized spacial score (nSPS) is 10.2. The highest BCUT2D eigenvalue weighted by atomic mass is 19.1. The molecule has 0 aromatic heterocycles. The minimum Gasteiger partial charge on any atom is -0.508 e. The number of nitrogens with two attached hydrogens (primary N) is 1. The van der Waals surface area contributed by atoms with Crippen molar-refractivity contribution in [2.45, 2.75) is 6.54 Å². The van der Waals surface area contributed by atoms with Gasteiger partial charge in [-0.2, -0.15) is 0 Å². The molecule has 2 aromatic carbocycles. The molecule has 0 bridgehead atoms. The Labute approximate surface area is 109 Å². The van der Waals surface area contributed by atoms with Gasteiger partial charge >= 0.3 is 0 Å². The first-order chi connectivity index (χ1) is 9.06. The van der Waals surface area contributed by atoms with E-state index in [4.69, 9.17) is 5.73 Å². The van der Waals surface area contributed by atoms with Gasteiger partial charge in [0.2, 0.25) is 5.91 Å². The fourth-order valence-electron chi connectivity index (χ4n) is 1.68. The third-order valence-electron chi connectivity index (χ3n) is 2.64. The summed E-state index contributed by atoms with van der Waals surface area (Å²) in [5.74, 6) is -0.934. The van der Waals surface area contributed by atoms with Gasteiger partial charge in [0.15, 0.2) is 0 Å². The molecule has 2 rings (SSSR count). The zero-order valence-corrected chi connectivity index (χ0v) is 10.1. The molecule has 0 fully saturated rings. The van der Waals surface area contributed by atoms with E-state index >= 15 is 0 Å². The van der Waals surface area contributed by atoms with Crippen molar-refractivity contribution in [3.05, 3.63) is 59.4 Å². The number of phenols is 1. The smallest absolute Gasteiger partial charge is 0.248 e. The molecule has 4 nitrogen and oxygen atoms in total. The van der Waals surface area contributed by atoms with Gasteiger partial charge in [-0.25, -0.2) is 4.39 Å². The summed E-state index contributed by atoms with van der Waals surface area (Å²) in [4.78, 5) is 11.0. The van der Waals surface area contributed by atoms with Crippen LogP contribution in [0.15, 0.2) is 42.5 Å². The Morgan fingerprint density at radius 2 is 2.05 bits per heavy atom. The summed E-state index contributed by atoms with van der Waals surface area (Å²) in [6.07, 6.45) is 0. The van der Waals surface area contributed by atoms with Crippen molar-refractivity contribution < 1.29 is 14.3 Å². The Bertz CT molecular complexity index is 614. The van der Waals surface area contributed by atoms with Crippen LogP contribution in [0, 0.1) is 5.82 Å². The average Bonchev–Trinajstić information content (AvgIpc) is 2.37. The van der Waals surface area contributed by atoms with Crippen LogP contribution in [0.25, 0.3) is 0 Å². The standard InChI is InChI=1S/C14H13FN2O2/c15-12-5-4-10(14(16)19)7-13(12)17-8-9-2-1-3-11(18)6-9/h1-7,17-18H,8H2,(H2,16,19). The molecular weight excluding hydrogens is 247 g/mol. The van der Waals surface area contributed by atoms with Crippen LogP contribution in [0.1, 0.15) is 15.9 Å². The number of hydrogen-bond donors (Lipinski definition) is 3. The van der Waals surface area contributed by atoms with E-state index in [2.05, 4.69) is 5.32 Å². The lowest BCUT2D eigenvalue weighted by molar-refractivity contribution is 0.100. The average molecular weight is 260 g/mol. The van der Waals surface area contributed by atoms with Crippen LogP contribution in [0.4, 0.5) is 10.1 Å². The molecule has 0 aliphatic heterocycles. The summed E-state index contributed by atoms with van der Waals surface area (Å²) < 4.78 is 13.6. The molecular formula is C14H13FN2O2. The molecule has 0 aliphatic carbocycles. The number of phenolic OH excluding ortho intramolecular Hbond substituents is 1. The largest absolute Gasteiger partial charge is 0.508 e. The minimum atomic E-state index is -0.611. The second-order valence-electron chi connectivity index (χ2n) is 4.08. The highest BCUT2D eigenvalue weighted by Crippen LogP contribution is 2.18. The van der Waals surface area contributed by atoms with Gasteiger partial charge in [-0.15, -0.1) is 0 Å². The molecule has 19 heavy (non-hydrogen) atoms. The zero-order chi connectivity index (χ0) is 13.8. The van der Waals surface area contributed by atoms with Crippen LogP contribution in [-0.4, -0.2) is 11.0 Å². The van der Waals surface area contributed by atoms with E-state index in [-0.39, 0.29) is 17.0 Å². The lowest BCUT2D eigenvalue weighted by atomic mass is 10.1. The van der Waals surface area contributed by atoms with E-state index in [0.29, 0.717) is 6.54 Å². The van der Waals surface area contributed by atoms with Crippen molar-refractivity contribution in [2.75, 3.05) is 5.32 Å². The second-order valence-corrected chi connectivity index (χ2v) is 4.08. The molecule has 0 saturated heterocycles. The molecule has 2 aromatic rings. The highest BCUT2D eigenvalue weighted by Gasteiger charge is 2.07. The summed E-state index contributed by atoms with van der Waals surface area (Å²) in [6.45, 7) is 0.327. The third-order valence-corrected chi connectivity index (χ3v) is 2.64. The quantitative estimate of drug-likeness (QED) is 0.789. The molecule has 4 N–H and O–H groups in total. The van der Waals surface area contributed by atoms with Crippen LogP contribution < -0.4 is 11.1 Å². The fraction of sp³-hybridized carbons (Fsp3) is 0.0714. The number of rotatable bonds is 4. The summed E-state index contributed by atoms with van der Waals surface area (Å²) >= 11 is 0. The fourth-order valence-corrected chi connectivity index (χ4v) is 1.68. The molecule has 1 amide bonds. The Morgan fingerprint density at radius 1 is 1.26 bits per heavy atom. The van der Waals surface area contributed by atoms with Gasteiger partial charge in [0.25, 0.3) is 0 Å². The Balaban J connectivity index is 2.15. The second kappa shape index (κ2) is 5.39. The number of benzene rings is 2. The number of carbonyl (C=O) groups is 1. The Kier molecular flexibility index (Phi) is 3.66. The van der Waals surface area contributed by atoms with Gasteiger partial charge in [-0.3, -0.25) is 4.79 Å². The van der Waals surface area contributed by atoms with Crippen LogP contribution in [0.5, 0.6) is 5.75 Å². The van der Waals surface area contributed by atoms with Crippen LogP contribution >= 0.6 is 0 Å². The molecule has 0 atom stereocenters. The van der Waals surface area contributed by atoms with E-state index in [1.807, 2.05) is 0 Å². The van der Waals surface area contributed by atoms with Crippen LogP contribution in [-0.2, 0) is 6.54 Å². The van der Waals surface area contributed by atoms with Crippen molar-refractivity contribution in [2.24, 2.45) is 5.73 Å². The number of amides is 1. The van der Waals surface area contributed by atoms with E-state index in [1.54, 1.807) is 24.3 Å². The molecule has 5 heteroatoms. The predicted octanol–water partition coefficient (Wildman–Crippen LogP) is 2.24. The molecule has 0 aliphatic rings. The van der Waals surface area contributed by atoms with Gasteiger partial charge < -0.3 is 16.2 Å². The predicted molar refractivity (Wildman–Crippen MR) is 70.4 cm³/mol. The van der Waals surface area contributed by atoms with Gasteiger partial charge in [0, 0.05) is 12.1 Å². The number of aromatic hydroxyl groups is 1. The van der Waals surface area contributed by atoms with E-state index in [0.717, 1.165) is 5.56 Å². The Morgan fingerprint density at radius 3 is 2.74 bits per heavy atom. The van der Waals surface area contributed by atoms with Crippen LogP contribution in [0.2, 0.25) is 0 Å². The SMILES string of the molecule is NC(=O)c1ccc(F)c(NCc2cccc(O)c2)c1. The topological polar surface area (TPSA) is 75.4 Å². The maximum Gasteiger partial charge on any atom is 0.248 e. The van der Waals surface area contributed by atoms with Crippen molar-refractivity contribution >= 4 is 11.6 Å². The number of carbonyl (C=O) groups excluding carboxylic acids is 1. The van der Waals surface area contributed by atoms with Gasteiger partial charge in [0.05, 0.1) is 5.69 Å². The minimum absolute atomic E-state index is 0.144. The summed E-state index contributed by atoms with van der Waals surface area (Å²) in [7, 11) is 0.